The molecular weight excluding hydrogens is 443 g/mol. The summed E-state index contributed by atoms with van der Waals surface area (Å²) in [6, 6.07) is 11.0. The van der Waals surface area contributed by atoms with Crippen LogP contribution in [0.3, 0.4) is 0 Å². The van der Waals surface area contributed by atoms with E-state index in [1.807, 2.05) is 44.0 Å². The molecule has 2 aromatic carbocycles. The smallest absolute Gasteiger partial charge is 0.247 e. The largest absolute Gasteiger partial charge is 0.487 e. The molecule has 2 aromatic rings. The third-order valence-corrected chi connectivity index (χ3v) is 7.90. The fourth-order valence-electron chi connectivity index (χ4n) is 4.07. The van der Waals surface area contributed by atoms with Crippen molar-refractivity contribution in [3.63, 3.8) is 0 Å². The van der Waals surface area contributed by atoms with E-state index in [2.05, 4.69) is 0 Å². The number of benzene rings is 2. The van der Waals surface area contributed by atoms with Gasteiger partial charge in [-0.05, 0) is 56.3 Å². The Morgan fingerprint density at radius 1 is 1.30 bits per heavy atom. The molecule has 0 spiro atoms. The Morgan fingerprint density at radius 3 is 2.73 bits per heavy atom. The van der Waals surface area contributed by atoms with Gasteiger partial charge in [-0.25, -0.2) is 12.8 Å². The molecule has 0 aromatic heterocycles. The molecule has 8 heteroatoms. The number of halogens is 1. The Balaban J connectivity index is 1.96. The van der Waals surface area contributed by atoms with E-state index in [1.165, 1.54) is 16.4 Å². The number of likely N-dealkylation sites (N-methyl/N-ethyl adjacent to an activating group) is 1. The van der Waals surface area contributed by atoms with Gasteiger partial charge in [0.15, 0.2) is 0 Å². The van der Waals surface area contributed by atoms with Gasteiger partial charge in [-0.15, -0.1) is 0 Å². The first kappa shape index (κ1) is 25.4. The topological polar surface area (TPSA) is 70.1 Å². The van der Waals surface area contributed by atoms with Crippen molar-refractivity contribution in [2.24, 2.45) is 5.92 Å². The summed E-state index contributed by atoms with van der Waals surface area (Å²) in [5, 5.41) is 9.74. The van der Waals surface area contributed by atoms with Crippen LogP contribution in [-0.4, -0.2) is 61.6 Å². The number of nitrogens with zero attached hydrogens (tertiary/aromatic N) is 2. The highest BCUT2D eigenvalue weighted by Crippen LogP contribution is 2.34. The monoisotopic (exact) mass is 476 g/mol. The van der Waals surface area contributed by atoms with Crippen LogP contribution < -0.4 is 4.74 Å². The van der Waals surface area contributed by atoms with Crippen molar-refractivity contribution in [2.45, 2.75) is 44.4 Å². The average molecular weight is 477 g/mol. The third-order valence-electron chi connectivity index (χ3n) is 5.88. The molecule has 180 valence electrons. The molecule has 0 saturated heterocycles. The second-order valence-electron chi connectivity index (χ2n) is 8.77. The van der Waals surface area contributed by atoms with Crippen LogP contribution in [0, 0.1) is 11.7 Å². The summed E-state index contributed by atoms with van der Waals surface area (Å²) in [5.41, 5.74) is 1.69. The first-order chi connectivity index (χ1) is 15.6. The molecule has 0 fully saturated rings. The molecule has 0 saturated carbocycles. The molecular formula is C25H33FN2O4S. The number of rotatable bonds is 7. The molecule has 33 heavy (non-hydrogen) atoms. The Bertz CT molecular complexity index is 1090. The SMILES string of the molecule is C/C=C/c1ccc2c(c1)O[C@@H](CN(C)Cc1cccc(F)c1)[C@H](C)CN([C@H](C)CO)S2(=O)=O. The number of hydrogen-bond donors (Lipinski definition) is 1. The van der Waals surface area contributed by atoms with Gasteiger partial charge >= 0.3 is 0 Å². The molecule has 0 amide bonds. The molecule has 0 radical (unpaired) electrons. The van der Waals surface area contributed by atoms with Gasteiger partial charge < -0.3 is 9.84 Å². The van der Waals surface area contributed by atoms with Crippen LogP contribution >= 0.6 is 0 Å². The number of aliphatic hydroxyl groups excluding tert-OH is 1. The fourth-order valence-corrected chi connectivity index (χ4v) is 5.90. The van der Waals surface area contributed by atoms with E-state index in [0.29, 0.717) is 18.8 Å². The number of allylic oxidation sites excluding steroid dienone is 1. The van der Waals surface area contributed by atoms with Crippen LogP contribution in [0.15, 0.2) is 53.4 Å². The van der Waals surface area contributed by atoms with Crippen LogP contribution in [0.5, 0.6) is 5.75 Å². The predicted octanol–water partition coefficient (Wildman–Crippen LogP) is 3.76. The van der Waals surface area contributed by atoms with Crippen LogP contribution in [0.25, 0.3) is 6.08 Å². The predicted molar refractivity (Wildman–Crippen MR) is 128 cm³/mol. The van der Waals surface area contributed by atoms with Crippen LogP contribution in [0.4, 0.5) is 4.39 Å². The van der Waals surface area contributed by atoms with E-state index in [9.17, 15) is 17.9 Å². The Kier molecular flexibility index (Phi) is 8.28. The second-order valence-corrected chi connectivity index (χ2v) is 10.6. The fraction of sp³-hybridized carbons (Fsp3) is 0.440. The van der Waals surface area contributed by atoms with Gasteiger partial charge in [-0.2, -0.15) is 4.31 Å². The third kappa shape index (κ3) is 6.00. The van der Waals surface area contributed by atoms with Crippen molar-refractivity contribution in [1.29, 1.82) is 0 Å². The van der Waals surface area contributed by atoms with Gasteiger partial charge in [-0.3, -0.25) is 4.90 Å². The molecule has 1 aliphatic rings. The van der Waals surface area contributed by atoms with E-state index in [0.717, 1.165) is 11.1 Å². The van der Waals surface area contributed by atoms with E-state index in [-0.39, 0.29) is 35.9 Å². The van der Waals surface area contributed by atoms with Gasteiger partial charge in [-0.1, -0.05) is 37.3 Å². The maximum absolute atomic E-state index is 13.6. The lowest BCUT2D eigenvalue weighted by Gasteiger charge is -2.37. The highest BCUT2D eigenvalue weighted by molar-refractivity contribution is 7.89. The van der Waals surface area contributed by atoms with Crippen molar-refractivity contribution in [1.82, 2.24) is 9.21 Å². The van der Waals surface area contributed by atoms with Crippen molar-refractivity contribution in [2.75, 3.05) is 26.7 Å². The molecule has 0 aliphatic carbocycles. The summed E-state index contributed by atoms with van der Waals surface area (Å²) in [7, 11) is -1.92. The summed E-state index contributed by atoms with van der Waals surface area (Å²) in [5.74, 6) is -0.126. The lowest BCUT2D eigenvalue weighted by atomic mass is 10.0. The van der Waals surface area contributed by atoms with Gasteiger partial charge in [0.1, 0.15) is 22.6 Å². The van der Waals surface area contributed by atoms with E-state index >= 15 is 0 Å². The summed E-state index contributed by atoms with van der Waals surface area (Å²) < 4.78 is 48.2. The normalized spacial score (nSPS) is 21.9. The minimum Gasteiger partial charge on any atom is -0.487 e. The van der Waals surface area contributed by atoms with Crippen LogP contribution in [0.2, 0.25) is 0 Å². The lowest BCUT2D eigenvalue weighted by Crippen LogP contribution is -2.49. The van der Waals surface area contributed by atoms with E-state index in [1.54, 1.807) is 31.2 Å². The number of aliphatic hydroxyl groups is 1. The molecule has 3 rings (SSSR count). The van der Waals surface area contributed by atoms with Crippen molar-refractivity contribution in [3.8, 4) is 5.75 Å². The van der Waals surface area contributed by atoms with Crippen molar-refractivity contribution >= 4 is 16.1 Å². The Morgan fingerprint density at radius 2 is 2.06 bits per heavy atom. The standard InChI is InChI=1S/C25H33FN2O4S/c1-5-7-20-10-11-25-23(13-20)32-24(16-27(4)15-21-8-6-9-22(26)12-21)18(2)14-28(19(3)17-29)33(25,30)31/h5-13,18-19,24,29H,14-17H2,1-4H3/b7-5+/t18-,19-,24+/m1/s1. The van der Waals surface area contributed by atoms with Crippen LogP contribution in [0.1, 0.15) is 31.9 Å². The van der Waals surface area contributed by atoms with E-state index < -0.39 is 16.1 Å². The average Bonchev–Trinajstić information content (AvgIpc) is 2.76. The Labute approximate surface area is 196 Å². The van der Waals surface area contributed by atoms with E-state index in [4.69, 9.17) is 4.74 Å². The highest BCUT2D eigenvalue weighted by atomic mass is 32.2. The summed E-state index contributed by atoms with van der Waals surface area (Å²) >= 11 is 0. The zero-order valence-corrected chi connectivity index (χ0v) is 20.4. The number of sulfonamides is 1. The number of fused-ring (bicyclic) bond motifs is 1. The maximum atomic E-state index is 13.6. The molecule has 1 N–H and O–H groups in total. The number of ether oxygens (including phenoxy) is 1. The van der Waals surface area contributed by atoms with Gasteiger partial charge in [0.05, 0.1) is 6.61 Å². The van der Waals surface area contributed by atoms with Crippen LogP contribution in [-0.2, 0) is 16.6 Å². The lowest BCUT2D eigenvalue weighted by molar-refractivity contribution is 0.0733. The summed E-state index contributed by atoms with van der Waals surface area (Å²) in [4.78, 5) is 2.14. The number of hydrogen-bond acceptors (Lipinski definition) is 5. The summed E-state index contributed by atoms with van der Waals surface area (Å²) in [6.45, 7) is 6.55. The van der Waals surface area contributed by atoms with Gasteiger partial charge in [0.25, 0.3) is 0 Å². The molecule has 0 bridgehead atoms. The molecule has 1 aliphatic heterocycles. The minimum atomic E-state index is -3.85. The highest BCUT2D eigenvalue weighted by Gasteiger charge is 2.38. The van der Waals surface area contributed by atoms with Gasteiger partial charge in [0, 0.05) is 31.6 Å². The molecule has 1 heterocycles. The zero-order valence-electron chi connectivity index (χ0n) is 19.6. The van der Waals surface area contributed by atoms with Crippen molar-refractivity contribution in [3.05, 3.63) is 65.5 Å². The zero-order chi connectivity index (χ0) is 24.2. The molecule has 3 atom stereocenters. The molecule has 0 unspecified atom stereocenters. The Hall–Kier alpha value is -2.26. The second kappa shape index (κ2) is 10.8. The minimum absolute atomic E-state index is 0.0979. The molecule has 6 nitrogen and oxygen atoms in total. The quantitative estimate of drug-likeness (QED) is 0.659. The summed E-state index contributed by atoms with van der Waals surface area (Å²) in [6.07, 6.45) is 3.45. The maximum Gasteiger partial charge on any atom is 0.247 e. The first-order valence-corrected chi connectivity index (χ1v) is 12.6. The first-order valence-electron chi connectivity index (χ1n) is 11.1. The van der Waals surface area contributed by atoms with Gasteiger partial charge in [0.2, 0.25) is 10.0 Å². The van der Waals surface area contributed by atoms with Crippen molar-refractivity contribution < 1.29 is 22.7 Å².